The van der Waals surface area contributed by atoms with Crippen LogP contribution < -0.4 is 10.1 Å². The van der Waals surface area contributed by atoms with E-state index in [1.807, 2.05) is 30.3 Å². The number of amides is 1. The van der Waals surface area contributed by atoms with Crippen LogP contribution in [0.3, 0.4) is 0 Å². The zero-order valence-corrected chi connectivity index (χ0v) is 15.8. The van der Waals surface area contributed by atoms with Gasteiger partial charge in [-0.3, -0.25) is 14.9 Å². The number of nitro groups is 1. The van der Waals surface area contributed by atoms with Crippen molar-refractivity contribution in [3.05, 3.63) is 76.1 Å². The second-order valence-corrected chi connectivity index (χ2v) is 6.05. The van der Waals surface area contributed by atoms with Gasteiger partial charge in [0.25, 0.3) is 11.6 Å². The molecule has 30 heavy (non-hydrogen) atoms. The largest absolute Gasteiger partial charge is 0.494 e. The number of nitrogens with zero attached hydrogens (tertiary/aromatic N) is 4. The molecule has 154 valence electrons. The van der Waals surface area contributed by atoms with Crippen LogP contribution in [0.4, 0.5) is 11.4 Å². The number of hydrogen-bond donors (Lipinski definition) is 1. The van der Waals surface area contributed by atoms with E-state index < -0.39 is 23.4 Å². The molecule has 0 radical (unpaired) electrons. The Bertz CT molecular complexity index is 1070. The summed E-state index contributed by atoms with van der Waals surface area (Å²) in [6.07, 6.45) is 1.42. The van der Waals surface area contributed by atoms with Gasteiger partial charge in [-0.15, -0.1) is 5.10 Å². The first-order valence-corrected chi connectivity index (χ1v) is 8.69. The summed E-state index contributed by atoms with van der Waals surface area (Å²) in [5.74, 6) is -1.35. The molecule has 0 saturated heterocycles. The molecule has 0 aliphatic heterocycles. The Kier molecular flexibility index (Phi) is 6.33. The molecule has 0 saturated carbocycles. The second-order valence-electron chi connectivity index (χ2n) is 6.05. The number of nitrogens with one attached hydrogen (secondary N) is 1. The molecular formula is C19H17N5O6. The normalized spacial score (nSPS) is 10.3. The van der Waals surface area contributed by atoms with Crippen molar-refractivity contribution in [1.29, 1.82) is 0 Å². The van der Waals surface area contributed by atoms with Crippen LogP contribution >= 0.6 is 0 Å². The Morgan fingerprint density at radius 2 is 1.97 bits per heavy atom. The number of non-ortho nitro benzene ring substituents is 1. The fourth-order valence-electron chi connectivity index (χ4n) is 2.53. The molecule has 0 atom stereocenters. The van der Waals surface area contributed by atoms with E-state index in [-0.39, 0.29) is 22.8 Å². The van der Waals surface area contributed by atoms with Crippen LogP contribution in [0.1, 0.15) is 16.1 Å². The number of carbonyl (C=O) groups excluding carboxylic acids is 2. The molecule has 1 amide bonds. The van der Waals surface area contributed by atoms with Crippen molar-refractivity contribution in [1.82, 2.24) is 15.0 Å². The van der Waals surface area contributed by atoms with E-state index in [4.69, 9.17) is 9.47 Å². The Morgan fingerprint density at radius 3 is 2.67 bits per heavy atom. The van der Waals surface area contributed by atoms with Gasteiger partial charge < -0.3 is 14.8 Å². The highest BCUT2D eigenvalue weighted by atomic mass is 16.6. The van der Waals surface area contributed by atoms with Crippen LogP contribution in [-0.2, 0) is 16.1 Å². The van der Waals surface area contributed by atoms with Gasteiger partial charge in [-0.05, 0) is 11.6 Å². The lowest BCUT2D eigenvalue weighted by molar-refractivity contribution is -0.384. The lowest BCUT2D eigenvalue weighted by Crippen LogP contribution is -2.21. The highest BCUT2D eigenvalue weighted by molar-refractivity contribution is 5.95. The van der Waals surface area contributed by atoms with E-state index in [1.54, 1.807) is 0 Å². The molecular weight excluding hydrogens is 394 g/mol. The van der Waals surface area contributed by atoms with Crippen molar-refractivity contribution in [2.75, 3.05) is 19.0 Å². The van der Waals surface area contributed by atoms with Gasteiger partial charge in [0.2, 0.25) is 0 Å². The number of esters is 1. The average molecular weight is 411 g/mol. The minimum absolute atomic E-state index is 0.0355. The maximum Gasteiger partial charge on any atom is 0.361 e. The quantitative estimate of drug-likeness (QED) is 0.337. The molecule has 0 fully saturated rings. The molecule has 0 unspecified atom stereocenters. The lowest BCUT2D eigenvalue weighted by atomic mass is 10.2. The first-order chi connectivity index (χ1) is 14.5. The number of aromatic nitrogens is 3. The van der Waals surface area contributed by atoms with Gasteiger partial charge >= 0.3 is 5.97 Å². The Morgan fingerprint density at radius 1 is 1.20 bits per heavy atom. The summed E-state index contributed by atoms with van der Waals surface area (Å²) >= 11 is 0. The fourth-order valence-corrected chi connectivity index (χ4v) is 2.53. The summed E-state index contributed by atoms with van der Waals surface area (Å²) in [4.78, 5) is 34.4. The molecule has 11 heteroatoms. The smallest absolute Gasteiger partial charge is 0.361 e. The Hall–Kier alpha value is -4.28. The molecule has 11 nitrogen and oxygen atoms in total. The van der Waals surface area contributed by atoms with Gasteiger partial charge in [-0.1, -0.05) is 35.5 Å². The topological polar surface area (TPSA) is 138 Å². The maximum atomic E-state index is 12.1. The summed E-state index contributed by atoms with van der Waals surface area (Å²) in [5.41, 5.74) is 0.971. The summed E-state index contributed by atoms with van der Waals surface area (Å²) in [6, 6.07) is 13.2. The molecule has 2 aromatic carbocycles. The van der Waals surface area contributed by atoms with E-state index in [0.29, 0.717) is 6.54 Å². The number of anilines is 1. The van der Waals surface area contributed by atoms with Gasteiger partial charge in [0.1, 0.15) is 5.75 Å². The van der Waals surface area contributed by atoms with Crippen molar-refractivity contribution < 1.29 is 24.0 Å². The first-order valence-electron chi connectivity index (χ1n) is 8.69. The number of carbonyl (C=O) groups is 2. The summed E-state index contributed by atoms with van der Waals surface area (Å²) in [7, 11) is 1.31. The van der Waals surface area contributed by atoms with Gasteiger partial charge in [-0.25, -0.2) is 9.48 Å². The van der Waals surface area contributed by atoms with Crippen LogP contribution in [-0.4, -0.2) is 45.5 Å². The number of ether oxygens (including phenoxy) is 2. The minimum Gasteiger partial charge on any atom is -0.494 e. The standard InChI is InChI=1S/C19H17N5O6/c1-29-17-9-14(24(27)28)7-8-15(17)20-18(25)12-30-19(26)16-11-23(22-21-16)10-13-5-3-2-4-6-13/h2-9,11H,10,12H2,1H3,(H,20,25). The van der Waals surface area contributed by atoms with Gasteiger partial charge in [0, 0.05) is 6.07 Å². The number of hydrogen-bond acceptors (Lipinski definition) is 8. The highest BCUT2D eigenvalue weighted by Gasteiger charge is 2.17. The third kappa shape index (κ3) is 5.16. The molecule has 3 rings (SSSR count). The minimum atomic E-state index is -0.805. The Balaban J connectivity index is 1.55. The predicted octanol–water partition coefficient (Wildman–Crippen LogP) is 2.04. The zero-order chi connectivity index (χ0) is 21.5. The fraction of sp³-hybridized carbons (Fsp3) is 0.158. The SMILES string of the molecule is COc1cc([N+](=O)[O-])ccc1NC(=O)COC(=O)c1cn(Cc2ccccc2)nn1. The van der Waals surface area contributed by atoms with Crippen LogP contribution in [0.5, 0.6) is 5.75 Å². The molecule has 0 aliphatic rings. The summed E-state index contributed by atoms with van der Waals surface area (Å²) in [5, 5.41) is 20.9. The van der Waals surface area contributed by atoms with E-state index in [2.05, 4.69) is 15.6 Å². The van der Waals surface area contributed by atoms with Crippen molar-refractivity contribution >= 4 is 23.3 Å². The second kappa shape index (κ2) is 9.28. The molecule has 0 spiro atoms. The molecule has 1 heterocycles. The van der Waals surface area contributed by atoms with Gasteiger partial charge in [-0.2, -0.15) is 0 Å². The number of rotatable bonds is 8. The van der Waals surface area contributed by atoms with E-state index in [9.17, 15) is 19.7 Å². The molecule has 1 N–H and O–H groups in total. The van der Waals surface area contributed by atoms with Crippen LogP contribution in [0.25, 0.3) is 0 Å². The van der Waals surface area contributed by atoms with Crippen LogP contribution in [0, 0.1) is 10.1 Å². The van der Waals surface area contributed by atoms with Gasteiger partial charge in [0.15, 0.2) is 12.3 Å². The third-order valence-corrected chi connectivity index (χ3v) is 3.94. The van der Waals surface area contributed by atoms with E-state index >= 15 is 0 Å². The molecule has 0 aliphatic carbocycles. The van der Waals surface area contributed by atoms with Crippen molar-refractivity contribution in [2.24, 2.45) is 0 Å². The number of methoxy groups -OCH3 is 1. The number of benzene rings is 2. The molecule has 0 bridgehead atoms. The average Bonchev–Trinajstić information content (AvgIpc) is 3.21. The lowest BCUT2D eigenvalue weighted by Gasteiger charge is -2.10. The first kappa shape index (κ1) is 20.5. The zero-order valence-electron chi connectivity index (χ0n) is 15.8. The molecule has 1 aromatic heterocycles. The summed E-state index contributed by atoms with van der Waals surface area (Å²) < 4.78 is 11.5. The third-order valence-electron chi connectivity index (χ3n) is 3.94. The highest BCUT2D eigenvalue weighted by Crippen LogP contribution is 2.28. The van der Waals surface area contributed by atoms with Crippen molar-refractivity contribution in [3.8, 4) is 5.75 Å². The predicted molar refractivity (Wildman–Crippen MR) is 104 cm³/mol. The molecule has 3 aromatic rings. The monoisotopic (exact) mass is 411 g/mol. The van der Waals surface area contributed by atoms with Gasteiger partial charge in [0.05, 0.1) is 36.5 Å². The summed E-state index contributed by atoms with van der Waals surface area (Å²) in [6.45, 7) is -0.147. The van der Waals surface area contributed by atoms with Crippen LogP contribution in [0.15, 0.2) is 54.7 Å². The van der Waals surface area contributed by atoms with E-state index in [1.165, 1.54) is 36.2 Å². The Labute approximate surface area is 170 Å². The van der Waals surface area contributed by atoms with Crippen molar-refractivity contribution in [2.45, 2.75) is 6.54 Å². The van der Waals surface area contributed by atoms with Crippen molar-refractivity contribution in [3.63, 3.8) is 0 Å². The van der Waals surface area contributed by atoms with E-state index in [0.717, 1.165) is 5.56 Å². The van der Waals surface area contributed by atoms with Crippen LogP contribution in [0.2, 0.25) is 0 Å². The number of nitro benzene ring substituents is 1. The maximum absolute atomic E-state index is 12.1.